The highest BCUT2D eigenvalue weighted by Crippen LogP contribution is 2.32. The second-order valence-electron chi connectivity index (χ2n) is 7.19. The Balaban J connectivity index is 1.45. The summed E-state index contributed by atoms with van der Waals surface area (Å²) in [6, 6.07) is 10.7. The van der Waals surface area contributed by atoms with E-state index >= 15 is 0 Å². The van der Waals surface area contributed by atoms with E-state index in [1.807, 2.05) is 19.1 Å². The van der Waals surface area contributed by atoms with Crippen LogP contribution in [0.1, 0.15) is 18.4 Å². The summed E-state index contributed by atoms with van der Waals surface area (Å²) in [6.07, 6.45) is 1.05. The third kappa shape index (κ3) is 4.04. The molecule has 0 spiro atoms. The number of piperidine rings is 1. The van der Waals surface area contributed by atoms with Gasteiger partial charge >= 0.3 is 0 Å². The summed E-state index contributed by atoms with van der Waals surface area (Å²) in [5, 5.41) is 2.15. The fraction of sp³-hybridized carbons (Fsp3) is 0.286. The number of aryl methyl sites for hydroxylation is 1. The quantitative estimate of drug-likeness (QED) is 0.590. The molecule has 0 unspecified atom stereocenters. The van der Waals surface area contributed by atoms with Crippen LogP contribution in [-0.2, 0) is 9.84 Å². The molecule has 1 fully saturated rings. The van der Waals surface area contributed by atoms with Gasteiger partial charge in [0, 0.05) is 24.0 Å². The second-order valence-corrected chi connectivity index (χ2v) is 10.3. The number of anilines is 1. The molecule has 1 aliphatic rings. The zero-order chi connectivity index (χ0) is 20.6. The predicted octanol–water partition coefficient (Wildman–Crippen LogP) is 4.84. The SMILES string of the molecule is Cc1ccc(S(=O)(=O)C2CCN(c3nc(-c4ccc(F)c(F)c4)cs3)CC2)cc1. The van der Waals surface area contributed by atoms with Crippen molar-refractivity contribution in [2.75, 3.05) is 18.0 Å². The van der Waals surface area contributed by atoms with Gasteiger partial charge in [0.25, 0.3) is 0 Å². The van der Waals surface area contributed by atoms with Crippen molar-refractivity contribution < 1.29 is 17.2 Å². The highest BCUT2D eigenvalue weighted by Gasteiger charge is 2.32. The molecule has 0 bridgehead atoms. The average Bonchev–Trinajstić information content (AvgIpc) is 3.21. The maximum atomic E-state index is 13.5. The minimum absolute atomic E-state index is 0.372. The summed E-state index contributed by atoms with van der Waals surface area (Å²) in [4.78, 5) is 6.96. The van der Waals surface area contributed by atoms with Gasteiger partial charge in [-0.3, -0.25) is 0 Å². The molecule has 2 aromatic carbocycles. The van der Waals surface area contributed by atoms with Crippen LogP contribution in [0.5, 0.6) is 0 Å². The lowest BCUT2D eigenvalue weighted by Crippen LogP contribution is -2.39. The first-order chi connectivity index (χ1) is 13.8. The van der Waals surface area contributed by atoms with Gasteiger partial charge in [-0.05, 0) is 50.1 Å². The summed E-state index contributed by atoms with van der Waals surface area (Å²) < 4.78 is 52.4. The highest BCUT2D eigenvalue weighted by atomic mass is 32.2. The van der Waals surface area contributed by atoms with Crippen molar-refractivity contribution >= 4 is 26.3 Å². The number of benzene rings is 2. The van der Waals surface area contributed by atoms with Crippen LogP contribution in [0.4, 0.5) is 13.9 Å². The van der Waals surface area contributed by atoms with E-state index in [-0.39, 0.29) is 0 Å². The number of sulfone groups is 1. The molecular formula is C21H20F2N2O2S2. The molecule has 0 radical (unpaired) electrons. The van der Waals surface area contributed by atoms with Gasteiger partial charge in [0.15, 0.2) is 26.6 Å². The molecule has 4 nitrogen and oxygen atoms in total. The lowest BCUT2D eigenvalue weighted by Gasteiger charge is -2.31. The number of hydrogen-bond donors (Lipinski definition) is 0. The molecule has 4 rings (SSSR count). The maximum absolute atomic E-state index is 13.5. The van der Waals surface area contributed by atoms with Gasteiger partial charge in [-0.1, -0.05) is 17.7 Å². The first-order valence-electron chi connectivity index (χ1n) is 9.31. The Hall–Kier alpha value is -2.32. The van der Waals surface area contributed by atoms with E-state index in [2.05, 4.69) is 9.88 Å². The van der Waals surface area contributed by atoms with Crippen LogP contribution < -0.4 is 4.90 Å². The molecule has 8 heteroatoms. The molecule has 1 aliphatic heterocycles. The Morgan fingerprint density at radius 3 is 2.38 bits per heavy atom. The minimum Gasteiger partial charge on any atom is -0.348 e. The number of hydrogen-bond acceptors (Lipinski definition) is 5. The van der Waals surface area contributed by atoms with E-state index < -0.39 is 26.7 Å². The number of rotatable bonds is 4. The Labute approximate surface area is 172 Å². The van der Waals surface area contributed by atoms with E-state index in [9.17, 15) is 17.2 Å². The Kier molecular flexibility index (Phi) is 5.40. The highest BCUT2D eigenvalue weighted by molar-refractivity contribution is 7.92. The standard InChI is InChI=1S/C21H20F2N2O2S2/c1-14-2-5-16(6-3-14)29(26,27)17-8-10-25(11-9-17)21-24-20(13-28-21)15-4-7-18(22)19(23)12-15/h2-7,12-13,17H,8-11H2,1H3. The molecule has 1 saturated heterocycles. The van der Waals surface area contributed by atoms with Crippen LogP contribution in [-0.4, -0.2) is 31.7 Å². The van der Waals surface area contributed by atoms with Gasteiger partial charge in [0.05, 0.1) is 15.8 Å². The minimum atomic E-state index is -3.35. The van der Waals surface area contributed by atoms with E-state index in [1.165, 1.54) is 17.4 Å². The zero-order valence-electron chi connectivity index (χ0n) is 15.8. The third-order valence-electron chi connectivity index (χ3n) is 5.21. The van der Waals surface area contributed by atoms with Gasteiger partial charge < -0.3 is 4.90 Å². The van der Waals surface area contributed by atoms with E-state index in [1.54, 1.807) is 17.5 Å². The summed E-state index contributed by atoms with van der Waals surface area (Å²) in [7, 11) is -3.35. The van der Waals surface area contributed by atoms with Crippen LogP contribution in [0.3, 0.4) is 0 Å². The topological polar surface area (TPSA) is 50.3 Å². The monoisotopic (exact) mass is 434 g/mol. The predicted molar refractivity (Wildman–Crippen MR) is 111 cm³/mol. The summed E-state index contributed by atoms with van der Waals surface area (Å²) in [5.74, 6) is -1.79. The zero-order valence-corrected chi connectivity index (χ0v) is 17.4. The van der Waals surface area contributed by atoms with Crippen LogP contribution in [0.2, 0.25) is 0 Å². The van der Waals surface area contributed by atoms with Crippen LogP contribution in [0.25, 0.3) is 11.3 Å². The van der Waals surface area contributed by atoms with Crippen molar-refractivity contribution in [2.45, 2.75) is 29.9 Å². The summed E-state index contributed by atoms with van der Waals surface area (Å²) >= 11 is 1.42. The van der Waals surface area contributed by atoms with Crippen molar-refractivity contribution in [1.29, 1.82) is 0 Å². The molecule has 0 atom stereocenters. The van der Waals surface area contributed by atoms with Crippen molar-refractivity contribution in [3.63, 3.8) is 0 Å². The Morgan fingerprint density at radius 2 is 1.72 bits per heavy atom. The first kappa shape index (κ1) is 20.0. The molecule has 2 heterocycles. The van der Waals surface area contributed by atoms with Crippen molar-refractivity contribution in [3.05, 3.63) is 65.0 Å². The van der Waals surface area contributed by atoms with Gasteiger partial charge in [-0.15, -0.1) is 11.3 Å². The molecule has 29 heavy (non-hydrogen) atoms. The maximum Gasteiger partial charge on any atom is 0.185 e. The fourth-order valence-corrected chi connectivity index (χ4v) is 6.10. The summed E-state index contributed by atoms with van der Waals surface area (Å²) in [5.41, 5.74) is 2.13. The molecule has 0 N–H and O–H groups in total. The van der Waals surface area contributed by atoms with Crippen LogP contribution >= 0.6 is 11.3 Å². The van der Waals surface area contributed by atoms with E-state index in [0.717, 1.165) is 22.8 Å². The molecule has 0 aliphatic carbocycles. The molecule has 0 amide bonds. The normalized spacial score (nSPS) is 15.6. The number of halogens is 2. The largest absolute Gasteiger partial charge is 0.348 e. The Bertz CT molecular complexity index is 1120. The molecule has 0 saturated carbocycles. The van der Waals surface area contributed by atoms with Crippen molar-refractivity contribution in [3.8, 4) is 11.3 Å². The van der Waals surface area contributed by atoms with E-state index in [4.69, 9.17) is 0 Å². The smallest absolute Gasteiger partial charge is 0.185 e. The molecule has 152 valence electrons. The van der Waals surface area contributed by atoms with Gasteiger partial charge in [0.2, 0.25) is 0 Å². The fourth-order valence-electron chi connectivity index (χ4n) is 3.48. The Morgan fingerprint density at radius 1 is 1.03 bits per heavy atom. The average molecular weight is 435 g/mol. The first-order valence-corrected chi connectivity index (χ1v) is 11.7. The molecule has 3 aromatic rings. The van der Waals surface area contributed by atoms with Crippen molar-refractivity contribution in [1.82, 2.24) is 4.98 Å². The lowest BCUT2D eigenvalue weighted by atomic mass is 10.1. The molecular weight excluding hydrogens is 414 g/mol. The van der Waals surface area contributed by atoms with Crippen LogP contribution in [0.15, 0.2) is 52.7 Å². The third-order valence-corrected chi connectivity index (χ3v) is 8.39. The van der Waals surface area contributed by atoms with Gasteiger partial charge in [0.1, 0.15) is 0 Å². The van der Waals surface area contributed by atoms with Gasteiger partial charge in [-0.25, -0.2) is 22.2 Å². The second kappa shape index (κ2) is 7.84. The number of thiazole rings is 1. The van der Waals surface area contributed by atoms with Crippen LogP contribution in [0, 0.1) is 18.6 Å². The lowest BCUT2D eigenvalue weighted by molar-refractivity contribution is 0.509. The van der Waals surface area contributed by atoms with Crippen molar-refractivity contribution in [2.24, 2.45) is 0 Å². The number of nitrogens with zero attached hydrogens (tertiary/aromatic N) is 2. The number of aromatic nitrogens is 1. The summed E-state index contributed by atoms with van der Waals surface area (Å²) in [6.45, 7) is 3.10. The van der Waals surface area contributed by atoms with E-state index in [0.29, 0.717) is 42.1 Å². The van der Waals surface area contributed by atoms with Gasteiger partial charge in [-0.2, -0.15) is 0 Å². The molecule has 1 aromatic heterocycles.